The predicted octanol–water partition coefficient (Wildman–Crippen LogP) is 6.95. The van der Waals surface area contributed by atoms with E-state index in [1.165, 1.54) is 35.4 Å². The molecule has 0 saturated carbocycles. The maximum atomic E-state index is 13.3. The lowest BCUT2D eigenvalue weighted by molar-refractivity contribution is -0.114. The average Bonchev–Trinajstić information content (AvgIpc) is 3.74. The van der Waals surface area contributed by atoms with Gasteiger partial charge in [-0.15, -0.1) is 23.1 Å². The zero-order valence-corrected chi connectivity index (χ0v) is 30.2. The monoisotopic (exact) mass is 730 g/mol. The highest BCUT2D eigenvalue weighted by atomic mass is 32.2. The number of hydrogen-bond donors (Lipinski definition) is 3. The van der Waals surface area contributed by atoms with Crippen molar-refractivity contribution in [1.82, 2.24) is 10.2 Å². The third-order valence-electron chi connectivity index (χ3n) is 7.26. The molecule has 0 radical (unpaired) electrons. The van der Waals surface area contributed by atoms with Gasteiger partial charge >= 0.3 is 12.1 Å². The van der Waals surface area contributed by atoms with Gasteiger partial charge in [0.2, 0.25) is 5.91 Å². The highest BCUT2D eigenvalue weighted by molar-refractivity contribution is 8.00. The molecule has 14 heteroatoms. The molecule has 266 valence electrons. The molecule has 5 rings (SSSR count). The van der Waals surface area contributed by atoms with Gasteiger partial charge in [0.25, 0.3) is 11.8 Å². The normalized spacial score (nSPS) is 12.8. The molecule has 0 bridgehead atoms. The summed E-state index contributed by atoms with van der Waals surface area (Å²) >= 11 is 2.47. The number of hydrogen-bond acceptors (Lipinski definition) is 10. The second kappa shape index (κ2) is 16.6. The third-order valence-corrected chi connectivity index (χ3v) is 9.39. The Kier molecular flexibility index (Phi) is 12.0. The van der Waals surface area contributed by atoms with Crippen molar-refractivity contribution in [3.63, 3.8) is 0 Å². The average molecular weight is 731 g/mol. The zero-order valence-electron chi connectivity index (χ0n) is 28.6. The van der Waals surface area contributed by atoms with Crippen LogP contribution >= 0.6 is 23.1 Å². The van der Waals surface area contributed by atoms with Crippen LogP contribution in [0.1, 0.15) is 64.6 Å². The summed E-state index contributed by atoms with van der Waals surface area (Å²) in [7, 11) is 0. The molecule has 12 nitrogen and oxygen atoms in total. The van der Waals surface area contributed by atoms with Crippen molar-refractivity contribution >= 4 is 69.6 Å². The Hall–Kier alpha value is -5.34. The number of ether oxygens (including phenoxy) is 2. The Labute approximate surface area is 303 Å². The number of thiophene rings is 1. The van der Waals surface area contributed by atoms with E-state index in [0.29, 0.717) is 45.4 Å². The van der Waals surface area contributed by atoms with Crippen LogP contribution < -0.4 is 16.0 Å². The molecule has 0 fully saturated rings. The van der Waals surface area contributed by atoms with Crippen LogP contribution in [-0.2, 0) is 32.0 Å². The summed E-state index contributed by atoms with van der Waals surface area (Å²) < 4.78 is 16.2. The Morgan fingerprint density at radius 1 is 1.00 bits per heavy atom. The van der Waals surface area contributed by atoms with E-state index < -0.39 is 29.5 Å². The minimum absolute atomic E-state index is 0.00302. The van der Waals surface area contributed by atoms with Crippen molar-refractivity contribution < 1.29 is 37.9 Å². The van der Waals surface area contributed by atoms with Gasteiger partial charge in [-0.1, -0.05) is 24.3 Å². The second-order valence-electron chi connectivity index (χ2n) is 12.3. The molecular weight excluding hydrogens is 693 g/mol. The van der Waals surface area contributed by atoms with E-state index in [9.17, 15) is 24.0 Å². The number of benzene rings is 2. The van der Waals surface area contributed by atoms with Crippen LogP contribution in [0.4, 0.5) is 15.5 Å². The molecule has 3 heterocycles. The van der Waals surface area contributed by atoms with Gasteiger partial charge < -0.3 is 34.7 Å². The summed E-state index contributed by atoms with van der Waals surface area (Å²) in [4.78, 5) is 68.2. The highest BCUT2D eigenvalue weighted by Gasteiger charge is 2.32. The fourth-order valence-corrected chi connectivity index (χ4v) is 7.05. The SMILES string of the molecule is CCOC(=O)c1c(NC(=O)CSc2cccc(NC(=O)/C(=C/c3ccco3)NC(=O)c3ccccc3)c2)sc2c1CCN(C(=O)OC(C)(C)C)C2. The molecule has 0 saturated heterocycles. The Morgan fingerprint density at radius 2 is 1.78 bits per heavy atom. The van der Waals surface area contributed by atoms with E-state index in [0.717, 1.165) is 10.4 Å². The van der Waals surface area contributed by atoms with E-state index in [2.05, 4.69) is 16.0 Å². The van der Waals surface area contributed by atoms with Crippen molar-refractivity contribution in [2.45, 2.75) is 51.2 Å². The number of furan rings is 1. The molecule has 4 amide bonds. The molecule has 0 atom stereocenters. The summed E-state index contributed by atoms with van der Waals surface area (Å²) in [6.07, 6.45) is 2.86. The molecule has 0 spiro atoms. The molecule has 2 aromatic carbocycles. The van der Waals surface area contributed by atoms with Crippen molar-refractivity contribution in [3.8, 4) is 0 Å². The molecule has 0 unspecified atom stereocenters. The largest absolute Gasteiger partial charge is 0.465 e. The molecule has 2 aromatic heterocycles. The van der Waals surface area contributed by atoms with Crippen LogP contribution in [0.2, 0.25) is 0 Å². The molecule has 1 aliphatic rings. The minimum Gasteiger partial charge on any atom is -0.465 e. The first-order valence-electron chi connectivity index (χ1n) is 16.2. The van der Waals surface area contributed by atoms with Gasteiger partial charge in [0.15, 0.2) is 0 Å². The van der Waals surface area contributed by atoms with Crippen molar-refractivity contribution in [2.24, 2.45) is 0 Å². The maximum absolute atomic E-state index is 13.3. The van der Waals surface area contributed by atoms with E-state index in [1.54, 1.807) is 99.3 Å². The summed E-state index contributed by atoms with van der Waals surface area (Å²) in [5.41, 5.74) is 1.21. The smallest absolute Gasteiger partial charge is 0.410 e. The lowest BCUT2D eigenvalue weighted by atomic mass is 10.0. The van der Waals surface area contributed by atoms with Crippen molar-refractivity contribution in [1.29, 1.82) is 0 Å². The summed E-state index contributed by atoms with van der Waals surface area (Å²) in [6, 6.07) is 18.8. The number of carbonyl (C=O) groups excluding carboxylic acids is 5. The summed E-state index contributed by atoms with van der Waals surface area (Å²) in [6.45, 7) is 7.89. The summed E-state index contributed by atoms with van der Waals surface area (Å²) in [5.74, 6) is -1.54. The quantitative estimate of drug-likeness (QED) is 0.0844. The first kappa shape index (κ1) is 36.9. The van der Waals surface area contributed by atoms with Gasteiger partial charge in [-0.3, -0.25) is 14.4 Å². The first-order valence-corrected chi connectivity index (χ1v) is 18.0. The lowest BCUT2D eigenvalue weighted by Gasteiger charge is -2.30. The first-order chi connectivity index (χ1) is 24.4. The number of rotatable bonds is 11. The Balaban J connectivity index is 1.24. The number of fused-ring (bicyclic) bond motifs is 1. The number of esters is 1. The Bertz CT molecular complexity index is 1930. The number of carbonyl (C=O) groups is 5. The number of nitrogens with zero attached hydrogens (tertiary/aromatic N) is 1. The van der Waals surface area contributed by atoms with E-state index >= 15 is 0 Å². The van der Waals surface area contributed by atoms with Crippen LogP contribution in [0, 0.1) is 0 Å². The third kappa shape index (κ3) is 10.1. The topological polar surface area (TPSA) is 156 Å². The van der Waals surface area contributed by atoms with Crippen molar-refractivity contribution in [3.05, 3.63) is 106 Å². The number of thioether (sulfide) groups is 1. The second-order valence-corrected chi connectivity index (χ2v) is 14.4. The van der Waals surface area contributed by atoms with Crippen molar-refractivity contribution in [2.75, 3.05) is 29.5 Å². The van der Waals surface area contributed by atoms with Crippen LogP contribution in [-0.4, -0.2) is 59.2 Å². The Morgan fingerprint density at radius 3 is 2.49 bits per heavy atom. The molecule has 0 aliphatic carbocycles. The van der Waals surface area contributed by atoms with E-state index in [1.807, 2.05) is 0 Å². The standard InChI is InChI=1S/C37H38N4O8S2/c1-5-47-35(45)31-27-16-17-41(36(46)49-37(2,3)4)21-29(27)51-34(31)40-30(42)22-50-26-15-9-13-24(19-26)38-33(44)28(20-25-14-10-18-48-25)39-32(43)23-11-7-6-8-12-23/h6-15,18-20H,5,16-17,21-22H2,1-4H3,(H,38,44)(H,39,43)(H,40,42)/b28-20-. The minimum atomic E-state index is -0.647. The van der Waals surface area contributed by atoms with Gasteiger partial charge in [-0.05, 0) is 82.1 Å². The summed E-state index contributed by atoms with van der Waals surface area (Å²) in [5, 5.41) is 8.69. The van der Waals surface area contributed by atoms with Crippen LogP contribution in [0.25, 0.3) is 6.08 Å². The molecular formula is C37H38N4O8S2. The van der Waals surface area contributed by atoms with Crippen LogP contribution in [0.15, 0.2) is 88.0 Å². The zero-order chi connectivity index (χ0) is 36.5. The van der Waals surface area contributed by atoms with Gasteiger partial charge in [-0.25, -0.2) is 9.59 Å². The predicted molar refractivity (Wildman–Crippen MR) is 196 cm³/mol. The molecule has 1 aliphatic heterocycles. The van der Waals surface area contributed by atoms with E-state index in [-0.39, 0.29) is 30.5 Å². The fraction of sp³-hybridized carbons (Fsp3) is 0.270. The van der Waals surface area contributed by atoms with Gasteiger partial charge in [0.1, 0.15) is 22.1 Å². The number of nitrogens with one attached hydrogen (secondary N) is 3. The van der Waals surface area contributed by atoms with Gasteiger partial charge in [0, 0.05) is 33.6 Å². The van der Waals surface area contributed by atoms with Gasteiger partial charge in [0.05, 0.1) is 30.7 Å². The van der Waals surface area contributed by atoms with Crippen LogP contribution in [0.5, 0.6) is 0 Å². The van der Waals surface area contributed by atoms with Crippen LogP contribution in [0.3, 0.4) is 0 Å². The highest BCUT2D eigenvalue weighted by Crippen LogP contribution is 2.38. The molecule has 3 N–H and O–H groups in total. The lowest BCUT2D eigenvalue weighted by Crippen LogP contribution is -2.39. The molecule has 51 heavy (non-hydrogen) atoms. The maximum Gasteiger partial charge on any atom is 0.410 e. The number of amides is 4. The fourth-order valence-electron chi connectivity index (χ4n) is 5.02. The number of anilines is 2. The van der Waals surface area contributed by atoms with Gasteiger partial charge in [-0.2, -0.15) is 0 Å². The van der Waals surface area contributed by atoms with E-state index in [4.69, 9.17) is 13.9 Å². The molecule has 4 aromatic rings.